The van der Waals surface area contributed by atoms with E-state index in [9.17, 15) is 4.79 Å². The second kappa shape index (κ2) is 5.00. The van der Waals surface area contributed by atoms with E-state index in [1.54, 1.807) is 12.3 Å². The van der Waals surface area contributed by atoms with Crippen molar-refractivity contribution in [2.45, 2.75) is 19.3 Å². The van der Waals surface area contributed by atoms with Gasteiger partial charge in [0.05, 0.1) is 5.41 Å². The van der Waals surface area contributed by atoms with Crippen molar-refractivity contribution in [3.05, 3.63) is 60.3 Å². The van der Waals surface area contributed by atoms with Gasteiger partial charge < -0.3 is 5.32 Å². The number of anilines is 1. The minimum absolute atomic E-state index is 0.0626. The molecule has 2 aromatic rings. The van der Waals surface area contributed by atoms with Crippen LogP contribution < -0.4 is 5.32 Å². The molecule has 0 bridgehead atoms. The number of carbonyl (C=O) groups excluding carboxylic acids is 1. The van der Waals surface area contributed by atoms with E-state index in [1.807, 2.05) is 56.3 Å². The van der Waals surface area contributed by atoms with Gasteiger partial charge in [-0.2, -0.15) is 0 Å². The summed E-state index contributed by atoms with van der Waals surface area (Å²) in [6.45, 7) is 3.81. The molecule has 1 N–H and O–H groups in total. The Labute approximate surface area is 107 Å². The van der Waals surface area contributed by atoms with Crippen LogP contribution in [0.4, 0.5) is 5.82 Å². The second-order valence-corrected chi connectivity index (χ2v) is 4.66. The molecule has 0 atom stereocenters. The lowest BCUT2D eigenvalue weighted by atomic mass is 9.84. The predicted octanol–water partition coefficient (Wildman–Crippen LogP) is 3.00. The lowest BCUT2D eigenvalue weighted by Gasteiger charge is -2.23. The van der Waals surface area contributed by atoms with E-state index >= 15 is 0 Å². The van der Waals surface area contributed by atoms with Crippen molar-refractivity contribution >= 4 is 11.7 Å². The van der Waals surface area contributed by atoms with Crippen molar-refractivity contribution in [3.8, 4) is 0 Å². The van der Waals surface area contributed by atoms with Gasteiger partial charge in [-0.1, -0.05) is 36.4 Å². The van der Waals surface area contributed by atoms with Crippen LogP contribution in [0.15, 0.2) is 54.7 Å². The molecule has 0 spiro atoms. The third-order valence-electron chi connectivity index (χ3n) is 2.97. The molecule has 0 fully saturated rings. The van der Waals surface area contributed by atoms with Gasteiger partial charge in [-0.25, -0.2) is 4.98 Å². The summed E-state index contributed by atoms with van der Waals surface area (Å²) in [5.41, 5.74) is 0.400. The standard InChI is InChI=1S/C15H16N2O/c1-15(2,12-8-4-3-5-9-12)14(18)17-13-10-6-7-11-16-13/h3-11H,1-2H3,(H,16,17,18). The lowest BCUT2D eigenvalue weighted by molar-refractivity contribution is -0.120. The molecule has 0 unspecified atom stereocenters. The number of hydrogen-bond donors (Lipinski definition) is 1. The Morgan fingerprint density at radius 3 is 2.33 bits per heavy atom. The Hall–Kier alpha value is -2.16. The fraction of sp³-hybridized carbons (Fsp3) is 0.200. The van der Waals surface area contributed by atoms with Gasteiger partial charge in [-0.05, 0) is 31.5 Å². The Morgan fingerprint density at radius 1 is 1.06 bits per heavy atom. The highest BCUT2D eigenvalue weighted by Gasteiger charge is 2.29. The maximum Gasteiger partial charge on any atom is 0.235 e. The lowest BCUT2D eigenvalue weighted by Crippen LogP contribution is -2.34. The maximum absolute atomic E-state index is 12.3. The second-order valence-electron chi connectivity index (χ2n) is 4.66. The van der Waals surface area contributed by atoms with E-state index < -0.39 is 5.41 Å². The smallest absolute Gasteiger partial charge is 0.235 e. The quantitative estimate of drug-likeness (QED) is 0.896. The summed E-state index contributed by atoms with van der Waals surface area (Å²) in [6.07, 6.45) is 1.66. The number of benzene rings is 1. The molecule has 3 nitrogen and oxygen atoms in total. The molecule has 92 valence electrons. The molecule has 1 amide bonds. The summed E-state index contributed by atoms with van der Waals surface area (Å²) in [4.78, 5) is 16.4. The van der Waals surface area contributed by atoms with Crippen LogP contribution in [0.1, 0.15) is 19.4 Å². The molecule has 0 aliphatic rings. The molecule has 1 aromatic heterocycles. The van der Waals surface area contributed by atoms with Gasteiger partial charge in [-0.3, -0.25) is 4.79 Å². The first-order valence-corrected chi connectivity index (χ1v) is 5.89. The molecular formula is C15H16N2O. The van der Waals surface area contributed by atoms with Gasteiger partial charge in [0.15, 0.2) is 0 Å². The molecule has 18 heavy (non-hydrogen) atoms. The zero-order valence-electron chi connectivity index (χ0n) is 10.6. The van der Waals surface area contributed by atoms with Crippen molar-refractivity contribution in [1.82, 2.24) is 4.98 Å². The molecule has 0 aliphatic heterocycles. The minimum atomic E-state index is -0.585. The van der Waals surface area contributed by atoms with Crippen LogP contribution >= 0.6 is 0 Å². The molecular weight excluding hydrogens is 224 g/mol. The van der Waals surface area contributed by atoms with E-state index in [0.29, 0.717) is 5.82 Å². The number of carbonyl (C=O) groups is 1. The normalized spacial score (nSPS) is 11.0. The van der Waals surface area contributed by atoms with Crippen LogP contribution in [0.2, 0.25) is 0 Å². The summed E-state index contributed by atoms with van der Waals surface area (Å²) in [5, 5.41) is 2.83. The van der Waals surface area contributed by atoms with Crippen molar-refractivity contribution in [2.24, 2.45) is 0 Å². The van der Waals surface area contributed by atoms with E-state index in [1.165, 1.54) is 0 Å². The first kappa shape index (κ1) is 12.3. The monoisotopic (exact) mass is 240 g/mol. The minimum Gasteiger partial charge on any atom is -0.310 e. The summed E-state index contributed by atoms with van der Waals surface area (Å²) in [6, 6.07) is 15.2. The van der Waals surface area contributed by atoms with Gasteiger partial charge in [0, 0.05) is 6.20 Å². The SMILES string of the molecule is CC(C)(C(=O)Nc1ccccn1)c1ccccc1. The summed E-state index contributed by atoms with van der Waals surface area (Å²) in [7, 11) is 0. The van der Waals surface area contributed by atoms with Crippen molar-refractivity contribution in [2.75, 3.05) is 5.32 Å². The molecule has 2 rings (SSSR count). The summed E-state index contributed by atoms with van der Waals surface area (Å²) >= 11 is 0. The molecule has 0 saturated carbocycles. The van der Waals surface area contributed by atoms with Gasteiger partial charge in [0.1, 0.15) is 5.82 Å². The number of rotatable bonds is 3. The van der Waals surface area contributed by atoms with Crippen molar-refractivity contribution in [1.29, 1.82) is 0 Å². The summed E-state index contributed by atoms with van der Waals surface area (Å²) in [5.74, 6) is 0.513. The number of hydrogen-bond acceptors (Lipinski definition) is 2. The van der Waals surface area contributed by atoms with Crippen LogP contribution in [-0.4, -0.2) is 10.9 Å². The third kappa shape index (κ3) is 2.56. The first-order valence-electron chi connectivity index (χ1n) is 5.89. The van der Waals surface area contributed by atoms with Crippen LogP contribution in [0.3, 0.4) is 0 Å². The number of amides is 1. The zero-order chi connectivity index (χ0) is 13.0. The predicted molar refractivity (Wildman–Crippen MR) is 72.3 cm³/mol. The number of nitrogens with one attached hydrogen (secondary N) is 1. The van der Waals surface area contributed by atoms with Crippen molar-refractivity contribution in [3.63, 3.8) is 0 Å². The van der Waals surface area contributed by atoms with Gasteiger partial charge >= 0.3 is 0 Å². The maximum atomic E-state index is 12.3. The largest absolute Gasteiger partial charge is 0.310 e. The van der Waals surface area contributed by atoms with Crippen LogP contribution in [0.25, 0.3) is 0 Å². The van der Waals surface area contributed by atoms with Crippen molar-refractivity contribution < 1.29 is 4.79 Å². The van der Waals surface area contributed by atoms with Crippen LogP contribution in [-0.2, 0) is 10.2 Å². The Bertz CT molecular complexity index is 521. The van der Waals surface area contributed by atoms with Gasteiger partial charge in [-0.15, -0.1) is 0 Å². The molecule has 1 aromatic carbocycles. The highest BCUT2D eigenvalue weighted by Crippen LogP contribution is 2.24. The highest BCUT2D eigenvalue weighted by molar-refractivity contribution is 5.97. The van der Waals surface area contributed by atoms with E-state index in [-0.39, 0.29) is 5.91 Å². The first-order chi connectivity index (χ1) is 8.60. The average Bonchev–Trinajstić information content (AvgIpc) is 2.41. The number of aromatic nitrogens is 1. The van der Waals surface area contributed by atoms with Gasteiger partial charge in [0.25, 0.3) is 0 Å². The Kier molecular flexibility index (Phi) is 3.42. The molecule has 0 radical (unpaired) electrons. The molecule has 1 heterocycles. The highest BCUT2D eigenvalue weighted by atomic mass is 16.2. The van der Waals surface area contributed by atoms with Crippen LogP contribution in [0, 0.1) is 0 Å². The van der Waals surface area contributed by atoms with E-state index in [4.69, 9.17) is 0 Å². The molecule has 0 aliphatic carbocycles. The fourth-order valence-electron chi connectivity index (χ4n) is 1.70. The van der Waals surface area contributed by atoms with Crippen LogP contribution in [0.5, 0.6) is 0 Å². The topological polar surface area (TPSA) is 42.0 Å². The third-order valence-corrected chi connectivity index (χ3v) is 2.97. The van der Waals surface area contributed by atoms with Gasteiger partial charge in [0.2, 0.25) is 5.91 Å². The summed E-state index contributed by atoms with van der Waals surface area (Å²) < 4.78 is 0. The molecule has 0 saturated heterocycles. The zero-order valence-corrected chi connectivity index (χ0v) is 10.6. The fourth-order valence-corrected chi connectivity index (χ4v) is 1.70. The number of pyridine rings is 1. The Morgan fingerprint density at radius 2 is 1.72 bits per heavy atom. The van der Waals surface area contributed by atoms with E-state index in [2.05, 4.69) is 10.3 Å². The molecule has 3 heteroatoms. The average molecular weight is 240 g/mol. The Balaban J connectivity index is 2.18. The van der Waals surface area contributed by atoms with E-state index in [0.717, 1.165) is 5.56 Å². The number of nitrogens with zero attached hydrogens (tertiary/aromatic N) is 1.